The van der Waals surface area contributed by atoms with E-state index in [9.17, 15) is 4.79 Å². The number of hydrogen-bond donors (Lipinski definition) is 2. The molecule has 0 unspecified atom stereocenters. The Morgan fingerprint density at radius 3 is 2.96 bits per heavy atom. The molecule has 1 aliphatic heterocycles. The molecule has 3 aromatic rings. The summed E-state index contributed by atoms with van der Waals surface area (Å²) in [6, 6.07) is 7.84. The summed E-state index contributed by atoms with van der Waals surface area (Å²) in [5.74, 6) is 0.495. The minimum Gasteiger partial charge on any atom is -0.321 e. The molecule has 1 amide bonds. The normalized spacial score (nSPS) is 15.0. The van der Waals surface area contributed by atoms with Crippen molar-refractivity contribution in [2.24, 2.45) is 0 Å². The van der Waals surface area contributed by atoms with Crippen LogP contribution in [0.1, 0.15) is 36.3 Å². The molecule has 0 aliphatic carbocycles. The summed E-state index contributed by atoms with van der Waals surface area (Å²) in [4.78, 5) is 12.6. The van der Waals surface area contributed by atoms with E-state index < -0.39 is 0 Å². The fraction of sp³-hybridized carbons (Fsp3) is 0.389. The fourth-order valence-electron chi connectivity index (χ4n) is 3.27. The van der Waals surface area contributed by atoms with Crippen LogP contribution < -0.4 is 10.6 Å². The fourth-order valence-corrected chi connectivity index (χ4v) is 3.27. The van der Waals surface area contributed by atoms with Crippen LogP contribution in [0.5, 0.6) is 0 Å². The van der Waals surface area contributed by atoms with Gasteiger partial charge in [0.25, 0.3) is 5.91 Å². The second-order valence-corrected chi connectivity index (χ2v) is 6.54. The summed E-state index contributed by atoms with van der Waals surface area (Å²) in [6.07, 6.45) is 5.40. The Balaban J connectivity index is 1.48. The van der Waals surface area contributed by atoms with Crippen LogP contribution >= 0.6 is 0 Å². The monoisotopic (exact) mass is 366 g/mol. The van der Waals surface area contributed by atoms with Gasteiger partial charge in [0.15, 0.2) is 11.5 Å². The number of nitrogens with zero attached hydrogens (tertiary/aromatic N) is 6. The first-order valence-electron chi connectivity index (χ1n) is 9.16. The maximum absolute atomic E-state index is 12.6. The van der Waals surface area contributed by atoms with Gasteiger partial charge in [-0.3, -0.25) is 4.79 Å². The van der Waals surface area contributed by atoms with E-state index in [1.165, 1.54) is 0 Å². The highest BCUT2D eigenvalue weighted by atomic mass is 16.2. The molecule has 2 N–H and O–H groups in total. The van der Waals surface area contributed by atoms with Crippen molar-refractivity contribution in [3.63, 3.8) is 0 Å². The van der Waals surface area contributed by atoms with E-state index in [-0.39, 0.29) is 5.91 Å². The lowest BCUT2D eigenvalue weighted by atomic mass is 10.1. The van der Waals surface area contributed by atoms with Gasteiger partial charge >= 0.3 is 0 Å². The minimum absolute atomic E-state index is 0.274. The summed E-state index contributed by atoms with van der Waals surface area (Å²) in [5, 5.41) is 22.5. The molecule has 0 bridgehead atoms. The Kier molecular flexibility index (Phi) is 4.93. The standard InChI is InChI=1S/C18H22N8O/c1-2-25-12-20-23-17(25)13-4-3-5-14(10-13)21-18(27)16-11-26(24-22-16)15-6-8-19-9-7-15/h3-5,10-12,15,19H,2,6-9H2,1H3,(H,21,27). The second-order valence-electron chi connectivity index (χ2n) is 6.54. The molecule has 3 heterocycles. The molecule has 0 spiro atoms. The van der Waals surface area contributed by atoms with Crippen LogP contribution in [0.3, 0.4) is 0 Å². The number of nitrogens with one attached hydrogen (secondary N) is 2. The van der Waals surface area contributed by atoms with Gasteiger partial charge in [-0.2, -0.15) is 0 Å². The van der Waals surface area contributed by atoms with Crippen molar-refractivity contribution in [2.45, 2.75) is 32.4 Å². The highest BCUT2D eigenvalue weighted by Crippen LogP contribution is 2.21. The number of carbonyl (C=O) groups excluding carboxylic acids is 1. The van der Waals surface area contributed by atoms with Crippen LogP contribution in [0.2, 0.25) is 0 Å². The topological polar surface area (TPSA) is 103 Å². The summed E-state index contributed by atoms with van der Waals surface area (Å²) >= 11 is 0. The van der Waals surface area contributed by atoms with Gasteiger partial charge in [0, 0.05) is 17.8 Å². The van der Waals surface area contributed by atoms with E-state index >= 15 is 0 Å². The third-order valence-corrected chi connectivity index (χ3v) is 4.76. The van der Waals surface area contributed by atoms with E-state index in [1.54, 1.807) is 17.2 Å². The molecule has 1 aliphatic rings. The Bertz CT molecular complexity index is 925. The predicted molar refractivity (Wildman–Crippen MR) is 100 cm³/mol. The maximum Gasteiger partial charge on any atom is 0.277 e. The van der Waals surface area contributed by atoms with Gasteiger partial charge in [0.05, 0.1) is 12.2 Å². The number of aromatic nitrogens is 6. The maximum atomic E-state index is 12.6. The molecule has 140 valence electrons. The van der Waals surface area contributed by atoms with Crippen molar-refractivity contribution >= 4 is 11.6 Å². The van der Waals surface area contributed by atoms with Crippen molar-refractivity contribution in [3.8, 4) is 11.4 Å². The van der Waals surface area contributed by atoms with Crippen LogP contribution in [-0.4, -0.2) is 48.8 Å². The number of piperidine rings is 1. The van der Waals surface area contributed by atoms with Crippen molar-refractivity contribution in [3.05, 3.63) is 42.5 Å². The van der Waals surface area contributed by atoms with Gasteiger partial charge < -0.3 is 15.2 Å². The minimum atomic E-state index is -0.274. The van der Waals surface area contributed by atoms with Gasteiger partial charge in [-0.25, -0.2) is 4.68 Å². The Morgan fingerprint density at radius 2 is 2.15 bits per heavy atom. The van der Waals surface area contributed by atoms with Crippen LogP contribution in [-0.2, 0) is 6.54 Å². The van der Waals surface area contributed by atoms with E-state index in [0.717, 1.165) is 43.9 Å². The number of amides is 1. The first-order chi connectivity index (χ1) is 13.2. The molecular formula is C18H22N8O. The van der Waals surface area contributed by atoms with Crippen LogP contribution in [0.25, 0.3) is 11.4 Å². The lowest BCUT2D eigenvalue weighted by Crippen LogP contribution is -2.29. The number of rotatable bonds is 5. The lowest BCUT2D eigenvalue weighted by molar-refractivity contribution is 0.102. The van der Waals surface area contributed by atoms with E-state index in [0.29, 0.717) is 17.4 Å². The van der Waals surface area contributed by atoms with Gasteiger partial charge in [-0.05, 0) is 45.0 Å². The number of anilines is 1. The van der Waals surface area contributed by atoms with Gasteiger partial charge in [0.1, 0.15) is 6.33 Å². The molecule has 0 atom stereocenters. The smallest absolute Gasteiger partial charge is 0.277 e. The van der Waals surface area contributed by atoms with Gasteiger partial charge in [0.2, 0.25) is 0 Å². The van der Waals surface area contributed by atoms with Gasteiger partial charge in [-0.15, -0.1) is 15.3 Å². The average molecular weight is 366 g/mol. The van der Waals surface area contributed by atoms with E-state index in [2.05, 4.69) is 31.1 Å². The van der Waals surface area contributed by atoms with Crippen molar-refractivity contribution < 1.29 is 4.79 Å². The number of aryl methyl sites for hydroxylation is 1. The quantitative estimate of drug-likeness (QED) is 0.713. The molecule has 1 fully saturated rings. The van der Waals surface area contributed by atoms with Crippen molar-refractivity contribution in [1.29, 1.82) is 0 Å². The summed E-state index contributed by atoms with van der Waals surface area (Å²) < 4.78 is 3.75. The third kappa shape index (κ3) is 3.72. The number of hydrogen-bond acceptors (Lipinski definition) is 6. The highest BCUT2D eigenvalue weighted by molar-refractivity contribution is 6.02. The zero-order valence-corrected chi connectivity index (χ0v) is 15.2. The zero-order valence-electron chi connectivity index (χ0n) is 15.2. The highest BCUT2D eigenvalue weighted by Gasteiger charge is 2.19. The largest absolute Gasteiger partial charge is 0.321 e. The van der Waals surface area contributed by atoms with Crippen LogP contribution in [0.4, 0.5) is 5.69 Å². The molecule has 9 heteroatoms. The molecular weight excluding hydrogens is 344 g/mol. The first-order valence-corrected chi connectivity index (χ1v) is 9.16. The van der Waals surface area contributed by atoms with Crippen molar-refractivity contribution in [1.82, 2.24) is 35.1 Å². The third-order valence-electron chi connectivity index (χ3n) is 4.76. The van der Waals surface area contributed by atoms with Gasteiger partial charge in [-0.1, -0.05) is 17.3 Å². The second kappa shape index (κ2) is 7.67. The first kappa shape index (κ1) is 17.3. The van der Waals surface area contributed by atoms with Crippen LogP contribution in [0, 0.1) is 0 Å². The van der Waals surface area contributed by atoms with Crippen molar-refractivity contribution in [2.75, 3.05) is 18.4 Å². The molecule has 2 aromatic heterocycles. The molecule has 4 rings (SSSR count). The summed E-state index contributed by atoms with van der Waals surface area (Å²) in [7, 11) is 0. The average Bonchev–Trinajstić information content (AvgIpc) is 3.38. The SMILES string of the molecule is CCn1cnnc1-c1cccc(NC(=O)c2cn(C3CCNCC3)nn2)c1. The molecule has 1 saturated heterocycles. The molecule has 1 aromatic carbocycles. The molecule has 0 saturated carbocycles. The zero-order chi connectivity index (χ0) is 18.6. The number of carbonyl (C=O) groups is 1. The Hall–Kier alpha value is -3.07. The molecule has 27 heavy (non-hydrogen) atoms. The van der Waals surface area contributed by atoms with E-state index in [1.807, 2.05) is 35.8 Å². The Labute approximate surface area is 156 Å². The number of benzene rings is 1. The predicted octanol–water partition coefficient (Wildman–Crippen LogP) is 1.73. The van der Waals surface area contributed by atoms with Crippen LogP contribution in [0.15, 0.2) is 36.8 Å². The molecule has 0 radical (unpaired) electrons. The Morgan fingerprint density at radius 1 is 1.30 bits per heavy atom. The summed E-state index contributed by atoms with van der Waals surface area (Å²) in [6.45, 7) is 4.73. The molecule has 9 nitrogen and oxygen atoms in total. The van der Waals surface area contributed by atoms with E-state index in [4.69, 9.17) is 0 Å². The summed E-state index contributed by atoms with van der Waals surface area (Å²) in [5.41, 5.74) is 1.89. The lowest BCUT2D eigenvalue weighted by Gasteiger charge is -2.22.